The molecule has 0 spiro atoms. The molecule has 0 amide bonds. The summed E-state index contributed by atoms with van der Waals surface area (Å²) >= 11 is 0. The molecule has 3 heteroatoms. The van der Waals surface area contributed by atoms with Gasteiger partial charge in [-0.25, -0.2) is 0 Å². The molecular weight excluding hydrogens is 332 g/mol. The molecule has 0 fully saturated rings. The molecule has 0 aliphatic rings. The third kappa shape index (κ3) is 8.73. The van der Waals surface area contributed by atoms with Gasteiger partial charge in [-0.05, 0) is 61.6 Å². The van der Waals surface area contributed by atoms with Crippen molar-refractivity contribution in [1.82, 2.24) is 10.2 Å². The fourth-order valence-electron chi connectivity index (χ4n) is 2.75. The first-order valence-electron chi connectivity index (χ1n) is 10.4. The molecule has 0 atom stereocenters. The Kier molecular flexibility index (Phi) is 10.0. The van der Waals surface area contributed by atoms with E-state index >= 15 is 0 Å². The lowest BCUT2D eigenvalue weighted by Gasteiger charge is -2.04. The molecular formula is C24H32N2O. The predicted molar refractivity (Wildman–Crippen MR) is 112 cm³/mol. The summed E-state index contributed by atoms with van der Waals surface area (Å²) in [5, 5.41) is 8.55. The first kappa shape index (κ1) is 21.0. The van der Waals surface area contributed by atoms with Gasteiger partial charge in [0.2, 0.25) is 0 Å². The zero-order valence-electron chi connectivity index (χ0n) is 16.8. The van der Waals surface area contributed by atoms with Crippen molar-refractivity contribution in [3.8, 4) is 17.6 Å². The van der Waals surface area contributed by atoms with Gasteiger partial charge >= 0.3 is 0 Å². The van der Waals surface area contributed by atoms with Crippen LogP contribution in [-0.4, -0.2) is 16.8 Å². The molecule has 1 aromatic heterocycles. The normalized spacial score (nSPS) is 10.3. The minimum atomic E-state index is 0.713. The Morgan fingerprint density at radius 1 is 0.741 bits per heavy atom. The van der Waals surface area contributed by atoms with Crippen molar-refractivity contribution >= 4 is 0 Å². The maximum absolute atomic E-state index is 5.67. The molecule has 1 heterocycles. The molecule has 1 aromatic carbocycles. The van der Waals surface area contributed by atoms with Gasteiger partial charge in [0.05, 0.1) is 12.3 Å². The fraction of sp³-hybridized carbons (Fsp3) is 0.500. The Labute approximate surface area is 164 Å². The second-order valence-electron chi connectivity index (χ2n) is 6.90. The van der Waals surface area contributed by atoms with Crippen LogP contribution in [-0.2, 0) is 6.42 Å². The van der Waals surface area contributed by atoms with E-state index in [2.05, 4.69) is 35.9 Å². The number of hydrogen-bond donors (Lipinski definition) is 0. The lowest BCUT2D eigenvalue weighted by Crippen LogP contribution is -1.96. The number of aryl methyl sites for hydroxylation is 1. The van der Waals surface area contributed by atoms with Crippen LogP contribution in [0, 0.1) is 11.8 Å². The van der Waals surface area contributed by atoms with Crippen LogP contribution in [0.3, 0.4) is 0 Å². The van der Waals surface area contributed by atoms with Gasteiger partial charge in [0.15, 0.2) is 0 Å². The van der Waals surface area contributed by atoms with Crippen LogP contribution >= 0.6 is 0 Å². The van der Waals surface area contributed by atoms with Crippen molar-refractivity contribution in [2.75, 3.05) is 6.61 Å². The van der Waals surface area contributed by atoms with Gasteiger partial charge < -0.3 is 4.74 Å². The van der Waals surface area contributed by atoms with Crippen molar-refractivity contribution in [3.63, 3.8) is 0 Å². The van der Waals surface area contributed by atoms with Crippen LogP contribution in [0.25, 0.3) is 0 Å². The van der Waals surface area contributed by atoms with E-state index in [-0.39, 0.29) is 0 Å². The van der Waals surface area contributed by atoms with Crippen molar-refractivity contribution in [3.05, 3.63) is 53.3 Å². The monoisotopic (exact) mass is 364 g/mol. The third-order valence-corrected chi connectivity index (χ3v) is 4.46. The van der Waals surface area contributed by atoms with E-state index < -0.39 is 0 Å². The minimum absolute atomic E-state index is 0.713. The summed E-state index contributed by atoms with van der Waals surface area (Å²) in [6.07, 6.45) is 11.0. The largest absolute Gasteiger partial charge is 0.494 e. The Morgan fingerprint density at radius 2 is 1.48 bits per heavy atom. The van der Waals surface area contributed by atoms with E-state index in [1.807, 2.05) is 36.4 Å². The summed E-state index contributed by atoms with van der Waals surface area (Å²) in [4.78, 5) is 0. The minimum Gasteiger partial charge on any atom is -0.494 e. The zero-order valence-corrected chi connectivity index (χ0v) is 16.8. The highest BCUT2D eigenvalue weighted by Gasteiger charge is 1.98. The average molecular weight is 365 g/mol. The number of rotatable bonds is 11. The quantitative estimate of drug-likeness (QED) is 0.364. The van der Waals surface area contributed by atoms with E-state index in [1.165, 1.54) is 38.5 Å². The van der Waals surface area contributed by atoms with Gasteiger partial charge in [0.25, 0.3) is 0 Å². The van der Waals surface area contributed by atoms with Gasteiger partial charge in [-0.3, -0.25) is 0 Å². The van der Waals surface area contributed by atoms with Crippen LogP contribution in [0.1, 0.15) is 82.2 Å². The summed E-state index contributed by atoms with van der Waals surface area (Å²) in [5.41, 5.74) is 2.73. The van der Waals surface area contributed by atoms with E-state index in [0.29, 0.717) is 5.69 Å². The molecule has 144 valence electrons. The first-order chi connectivity index (χ1) is 13.3. The van der Waals surface area contributed by atoms with Crippen molar-refractivity contribution in [2.45, 2.75) is 71.6 Å². The standard InChI is InChI=1S/C24H32N2O/c1-3-5-7-8-9-10-11-22-16-17-23(26-25-22)15-12-21-13-18-24(19-14-21)27-20-6-4-2/h13-14,16-19H,3-11,20H2,1-2H3. The molecule has 0 N–H and O–H groups in total. The van der Waals surface area contributed by atoms with Gasteiger partial charge in [-0.15, -0.1) is 5.10 Å². The first-order valence-corrected chi connectivity index (χ1v) is 10.4. The number of nitrogens with zero attached hydrogens (tertiary/aromatic N) is 2. The SMILES string of the molecule is CCCCCCCCc1ccc(C#Cc2ccc(OCCCC)cc2)nn1. The Bertz CT molecular complexity index is 696. The molecule has 2 rings (SSSR count). The van der Waals surface area contributed by atoms with Gasteiger partial charge in [-0.1, -0.05) is 58.3 Å². The number of aromatic nitrogens is 2. The molecule has 0 bridgehead atoms. The maximum atomic E-state index is 5.67. The molecule has 0 saturated carbocycles. The average Bonchev–Trinajstić information content (AvgIpc) is 2.71. The second-order valence-corrected chi connectivity index (χ2v) is 6.90. The molecule has 3 nitrogen and oxygen atoms in total. The van der Waals surface area contributed by atoms with Crippen LogP contribution in [0.4, 0.5) is 0 Å². The molecule has 0 aliphatic heterocycles. The molecule has 0 saturated heterocycles. The fourth-order valence-corrected chi connectivity index (χ4v) is 2.75. The second kappa shape index (κ2) is 12.9. The summed E-state index contributed by atoms with van der Waals surface area (Å²) in [5.74, 6) is 7.12. The zero-order chi connectivity index (χ0) is 19.2. The van der Waals surface area contributed by atoms with Crippen LogP contribution in [0.15, 0.2) is 36.4 Å². The van der Waals surface area contributed by atoms with E-state index in [1.54, 1.807) is 0 Å². The highest BCUT2D eigenvalue weighted by Crippen LogP contribution is 2.12. The van der Waals surface area contributed by atoms with E-state index in [9.17, 15) is 0 Å². The van der Waals surface area contributed by atoms with Crippen LogP contribution in [0.5, 0.6) is 5.75 Å². The summed E-state index contributed by atoms with van der Waals surface area (Å²) in [7, 11) is 0. The number of ether oxygens (including phenoxy) is 1. The Morgan fingerprint density at radius 3 is 2.19 bits per heavy atom. The smallest absolute Gasteiger partial charge is 0.136 e. The van der Waals surface area contributed by atoms with Crippen molar-refractivity contribution in [1.29, 1.82) is 0 Å². The van der Waals surface area contributed by atoms with Gasteiger partial charge in [0.1, 0.15) is 11.4 Å². The molecule has 2 aromatic rings. The van der Waals surface area contributed by atoms with Crippen molar-refractivity contribution < 1.29 is 4.74 Å². The lowest BCUT2D eigenvalue weighted by atomic mass is 10.1. The van der Waals surface area contributed by atoms with Gasteiger partial charge in [-0.2, -0.15) is 5.10 Å². The van der Waals surface area contributed by atoms with Gasteiger partial charge in [0, 0.05) is 5.56 Å². The lowest BCUT2D eigenvalue weighted by molar-refractivity contribution is 0.309. The topological polar surface area (TPSA) is 35.0 Å². The van der Waals surface area contributed by atoms with Crippen LogP contribution in [0.2, 0.25) is 0 Å². The third-order valence-electron chi connectivity index (χ3n) is 4.46. The Hall–Kier alpha value is -2.34. The summed E-state index contributed by atoms with van der Waals surface area (Å²) < 4.78 is 5.67. The summed E-state index contributed by atoms with van der Waals surface area (Å²) in [6.45, 7) is 5.17. The maximum Gasteiger partial charge on any atom is 0.136 e. The summed E-state index contributed by atoms with van der Waals surface area (Å²) in [6, 6.07) is 11.9. The molecule has 0 unspecified atom stereocenters. The van der Waals surface area contributed by atoms with Crippen LogP contribution < -0.4 is 4.74 Å². The molecule has 0 radical (unpaired) electrons. The Balaban J connectivity index is 1.77. The van der Waals surface area contributed by atoms with E-state index in [0.717, 1.165) is 42.9 Å². The molecule has 0 aliphatic carbocycles. The number of hydrogen-bond acceptors (Lipinski definition) is 3. The molecule has 27 heavy (non-hydrogen) atoms. The highest BCUT2D eigenvalue weighted by atomic mass is 16.5. The van der Waals surface area contributed by atoms with E-state index in [4.69, 9.17) is 4.74 Å². The number of benzene rings is 1. The predicted octanol–water partition coefficient (Wildman–Crippen LogP) is 5.96. The van der Waals surface area contributed by atoms with Crippen molar-refractivity contribution in [2.24, 2.45) is 0 Å². The number of unbranched alkanes of at least 4 members (excludes halogenated alkanes) is 6. The highest BCUT2D eigenvalue weighted by molar-refractivity contribution is 5.42.